The number of benzene rings is 3. The molecule has 3 aromatic carbocycles. The van der Waals surface area contributed by atoms with Gasteiger partial charge in [-0.25, -0.2) is 0 Å². The van der Waals surface area contributed by atoms with Gasteiger partial charge in [0, 0.05) is 15.7 Å². The SMILES string of the molecule is CNC(C)C(=O)NC1CCc2ccccc2N(Cc2c(OC)ccc3ccc(Br)cc23)C1=O. The summed E-state index contributed by atoms with van der Waals surface area (Å²) in [6, 6.07) is 17.0. The number of carbonyl (C=O) groups excluding carboxylic acids is 2. The van der Waals surface area contributed by atoms with Gasteiger partial charge >= 0.3 is 0 Å². The van der Waals surface area contributed by atoms with E-state index < -0.39 is 6.04 Å². The van der Waals surface area contributed by atoms with Crippen LogP contribution in [-0.4, -0.2) is 38.1 Å². The lowest BCUT2D eigenvalue weighted by Crippen LogP contribution is -2.52. The molecule has 2 N–H and O–H groups in total. The molecule has 2 unspecified atom stereocenters. The van der Waals surface area contributed by atoms with Gasteiger partial charge in [0.1, 0.15) is 11.8 Å². The van der Waals surface area contributed by atoms with E-state index >= 15 is 0 Å². The lowest BCUT2D eigenvalue weighted by molar-refractivity contribution is -0.128. The van der Waals surface area contributed by atoms with Gasteiger partial charge in [-0.3, -0.25) is 9.59 Å². The smallest absolute Gasteiger partial charge is 0.249 e. The standard InChI is InChI=1S/C26H28BrN3O3/c1-16(28-2)25(31)29-22-12-9-18-6-4-5-7-23(18)30(26(22)32)15-21-20-14-19(27)11-8-17(20)10-13-24(21)33-3/h4-8,10-11,13-14,16,22,28H,9,12,15H2,1-3H3,(H,29,31). The van der Waals surface area contributed by atoms with Gasteiger partial charge < -0.3 is 20.3 Å². The number of para-hydroxylation sites is 1. The lowest BCUT2D eigenvalue weighted by Gasteiger charge is -2.28. The van der Waals surface area contributed by atoms with Crippen molar-refractivity contribution in [3.05, 3.63) is 70.2 Å². The number of fused-ring (bicyclic) bond motifs is 2. The molecule has 2 atom stereocenters. The second kappa shape index (κ2) is 9.93. The Morgan fingerprint density at radius 1 is 1.21 bits per heavy atom. The molecule has 1 heterocycles. The van der Waals surface area contributed by atoms with Crippen LogP contribution in [0.4, 0.5) is 5.69 Å². The number of hydrogen-bond donors (Lipinski definition) is 2. The van der Waals surface area contributed by atoms with Gasteiger partial charge in [-0.05, 0) is 67.4 Å². The van der Waals surface area contributed by atoms with Crippen molar-refractivity contribution in [1.82, 2.24) is 10.6 Å². The Bertz CT molecular complexity index is 1200. The number of carbonyl (C=O) groups is 2. The van der Waals surface area contributed by atoms with Crippen LogP contribution in [0.15, 0.2) is 59.1 Å². The second-order valence-electron chi connectivity index (χ2n) is 8.28. The summed E-state index contributed by atoms with van der Waals surface area (Å²) in [7, 11) is 3.37. The van der Waals surface area contributed by atoms with Gasteiger partial charge in [-0.1, -0.05) is 46.3 Å². The van der Waals surface area contributed by atoms with Crippen molar-refractivity contribution in [3.8, 4) is 5.75 Å². The topological polar surface area (TPSA) is 70.7 Å². The fraction of sp³-hybridized carbons (Fsp3) is 0.308. The Morgan fingerprint density at radius 2 is 1.97 bits per heavy atom. The Balaban J connectivity index is 1.78. The highest BCUT2D eigenvalue weighted by Crippen LogP contribution is 2.35. The van der Waals surface area contributed by atoms with E-state index in [2.05, 4.69) is 32.6 Å². The summed E-state index contributed by atoms with van der Waals surface area (Å²) in [4.78, 5) is 28.2. The van der Waals surface area contributed by atoms with Gasteiger partial charge in [-0.2, -0.15) is 0 Å². The van der Waals surface area contributed by atoms with Crippen molar-refractivity contribution in [1.29, 1.82) is 0 Å². The third-order valence-corrected chi connectivity index (χ3v) is 6.77. The van der Waals surface area contributed by atoms with Gasteiger partial charge in [0.15, 0.2) is 0 Å². The third kappa shape index (κ3) is 4.75. The van der Waals surface area contributed by atoms with Crippen molar-refractivity contribution in [2.45, 2.75) is 38.4 Å². The lowest BCUT2D eigenvalue weighted by atomic mass is 10.0. The van der Waals surface area contributed by atoms with Crippen LogP contribution in [0.3, 0.4) is 0 Å². The number of nitrogens with one attached hydrogen (secondary N) is 2. The number of rotatable bonds is 6. The van der Waals surface area contributed by atoms with Gasteiger partial charge in [-0.15, -0.1) is 0 Å². The fourth-order valence-electron chi connectivity index (χ4n) is 4.29. The molecule has 0 aromatic heterocycles. The quantitative estimate of drug-likeness (QED) is 0.522. The number of nitrogens with zero attached hydrogens (tertiary/aromatic N) is 1. The average Bonchev–Trinajstić information content (AvgIpc) is 2.96. The second-order valence-corrected chi connectivity index (χ2v) is 9.19. The molecule has 6 nitrogen and oxygen atoms in total. The van der Waals surface area contributed by atoms with E-state index in [1.807, 2.05) is 48.5 Å². The van der Waals surface area contributed by atoms with Crippen molar-refractivity contribution < 1.29 is 14.3 Å². The zero-order valence-electron chi connectivity index (χ0n) is 19.0. The van der Waals surface area contributed by atoms with Crippen LogP contribution < -0.4 is 20.3 Å². The average molecular weight is 510 g/mol. The summed E-state index contributed by atoms with van der Waals surface area (Å²) in [5.41, 5.74) is 2.88. The maximum Gasteiger partial charge on any atom is 0.249 e. The Kier molecular flexibility index (Phi) is 7.00. The highest BCUT2D eigenvalue weighted by atomic mass is 79.9. The fourth-order valence-corrected chi connectivity index (χ4v) is 4.65. The Labute approximate surface area is 202 Å². The Morgan fingerprint density at radius 3 is 2.73 bits per heavy atom. The molecule has 1 aliphatic rings. The molecule has 0 bridgehead atoms. The molecule has 0 spiro atoms. The molecule has 0 aliphatic carbocycles. The number of amides is 2. The predicted octanol–water partition coefficient (Wildman–Crippen LogP) is 4.18. The highest BCUT2D eigenvalue weighted by molar-refractivity contribution is 9.10. The minimum atomic E-state index is -0.603. The van der Waals surface area contributed by atoms with Crippen LogP contribution >= 0.6 is 15.9 Å². The van der Waals surface area contributed by atoms with E-state index in [0.29, 0.717) is 19.4 Å². The molecule has 2 amide bonds. The minimum absolute atomic E-state index is 0.120. The maximum atomic E-state index is 13.8. The van der Waals surface area contributed by atoms with Crippen LogP contribution in [0.1, 0.15) is 24.5 Å². The summed E-state index contributed by atoms with van der Waals surface area (Å²) in [6.07, 6.45) is 1.25. The third-order valence-electron chi connectivity index (χ3n) is 6.28. The number of halogens is 1. The number of methoxy groups -OCH3 is 1. The van der Waals surface area contributed by atoms with Crippen LogP contribution in [0.2, 0.25) is 0 Å². The van der Waals surface area contributed by atoms with Crippen LogP contribution in [-0.2, 0) is 22.6 Å². The summed E-state index contributed by atoms with van der Waals surface area (Å²) >= 11 is 3.57. The predicted molar refractivity (Wildman–Crippen MR) is 135 cm³/mol. The van der Waals surface area contributed by atoms with Gasteiger partial charge in [0.2, 0.25) is 11.8 Å². The minimum Gasteiger partial charge on any atom is -0.496 e. The monoisotopic (exact) mass is 509 g/mol. The van der Waals surface area contributed by atoms with Crippen LogP contribution in [0.25, 0.3) is 10.8 Å². The molecule has 4 rings (SSSR count). The van der Waals surface area contributed by atoms with Crippen LogP contribution in [0.5, 0.6) is 5.75 Å². The molecule has 7 heteroatoms. The number of hydrogen-bond acceptors (Lipinski definition) is 4. The molecule has 3 aromatic rings. The molecule has 33 heavy (non-hydrogen) atoms. The van der Waals surface area contributed by atoms with E-state index in [1.165, 1.54) is 0 Å². The molecule has 0 saturated carbocycles. The number of ether oxygens (including phenoxy) is 1. The summed E-state index contributed by atoms with van der Waals surface area (Å²) in [6.45, 7) is 2.11. The van der Waals surface area contributed by atoms with Gasteiger partial charge in [0.25, 0.3) is 0 Å². The molecular weight excluding hydrogens is 482 g/mol. The first-order valence-corrected chi connectivity index (χ1v) is 11.8. The largest absolute Gasteiger partial charge is 0.496 e. The molecule has 0 fully saturated rings. The first-order valence-electron chi connectivity index (χ1n) is 11.0. The number of anilines is 1. The zero-order valence-corrected chi connectivity index (χ0v) is 20.6. The van der Waals surface area contributed by atoms with E-state index in [9.17, 15) is 9.59 Å². The van der Waals surface area contributed by atoms with Gasteiger partial charge in [0.05, 0.1) is 19.7 Å². The summed E-state index contributed by atoms with van der Waals surface area (Å²) < 4.78 is 6.65. The van der Waals surface area contributed by atoms with Crippen molar-refractivity contribution in [2.24, 2.45) is 0 Å². The summed E-state index contributed by atoms with van der Waals surface area (Å²) in [5, 5.41) is 7.97. The highest BCUT2D eigenvalue weighted by Gasteiger charge is 2.32. The molecule has 172 valence electrons. The van der Waals surface area contributed by atoms with E-state index in [1.54, 1.807) is 26.0 Å². The number of likely N-dealkylation sites (N-methyl/N-ethyl adjacent to an activating group) is 1. The molecular formula is C26H28BrN3O3. The number of aryl methyl sites for hydroxylation is 1. The summed E-state index contributed by atoms with van der Waals surface area (Å²) in [5.74, 6) is 0.415. The first kappa shape index (κ1) is 23.3. The van der Waals surface area contributed by atoms with Crippen molar-refractivity contribution in [2.75, 3.05) is 19.1 Å². The molecule has 0 radical (unpaired) electrons. The van der Waals surface area contributed by atoms with Crippen molar-refractivity contribution in [3.63, 3.8) is 0 Å². The van der Waals surface area contributed by atoms with E-state index in [-0.39, 0.29) is 17.9 Å². The van der Waals surface area contributed by atoms with E-state index in [4.69, 9.17) is 4.74 Å². The van der Waals surface area contributed by atoms with Crippen LogP contribution in [0, 0.1) is 0 Å². The van der Waals surface area contributed by atoms with E-state index in [0.717, 1.165) is 37.8 Å². The first-order chi connectivity index (χ1) is 15.9. The Hall–Kier alpha value is -2.90. The zero-order chi connectivity index (χ0) is 23.5. The molecule has 0 saturated heterocycles. The molecule has 1 aliphatic heterocycles. The maximum absolute atomic E-state index is 13.8. The normalized spacial score (nSPS) is 16.8. The van der Waals surface area contributed by atoms with Crippen molar-refractivity contribution >= 4 is 44.2 Å².